The van der Waals surface area contributed by atoms with Crippen molar-refractivity contribution < 1.29 is 9.90 Å². The van der Waals surface area contributed by atoms with Crippen LogP contribution in [0.4, 0.5) is 0 Å². The number of carbonyl (C=O) groups excluding carboxylic acids is 1. The number of aliphatic hydroxyl groups is 1. The Labute approximate surface area is 113 Å². The first-order chi connectivity index (χ1) is 9.10. The minimum Gasteiger partial charge on any atom is -0.390 e. The minimum absolute atomic E-state index is 0.120. The second kappa shape index (κ2) is 4.62. The van der Waals surface area contributed by atoms with Gasteiger partial charge in [-0.2, -0.15) is 0 Å². The lowest BCUT2D eigenvalue weighted by Crippen LogP contribution is -2.53. The molecule has 0 saturated heterocycles. The van der Waals surface area contributed by atoms with E-state index in [9.17, 15) is 9.90 Å². The number of amides is 1. The van der Waals surface area contributed by atoms with Gasteiger partial charge in [0, 0.05) is 6.42 Å². The van der Waals surface area contributed by atoms with Crippen LogP contribution in [-0.4, -0.2) is 22.7 Å². The molecular weight excluding hydrogens is 240 g/mol. The van der Waals surface area contributed by atoms with Gasteiger partial charge in [-0.25, -0.2) is 0 Å². The Balaban J connectivity index is 1.78. The van der Waals surface area contributed by atoms with Gasteiger partial charge in [-0.05, 0) is 24.0 Å². The molecule has 0 aromatic heterocycles. The van der Waals surface area contributed by atoms with Crippen LogP contribution in [0.15, 0.2) is 24.3 Å². The predicted octanol–water partition coefficient (Wildman–Crippen LogP) is 1.03. The third kappa shape index (κ3) is 2.15. The van der Waals surface area contributed by atoms with Crippen molar-refractivity contribution in [2.45, 2.75) is 49.8 Å². The molecule has 1 aromatic carbocycles. The minimum atomic E-state index is -0.739. The van der Waals surface area contributed by atoms with Crippen LogP contribution in [0.5, 0.6) is 0 Å². The van der Waals surface area contributed by atoms with Crippen LogP contribution in [0.3, 0.4) is 0 Å². The number of rotatable bonds is 2. The smallest absolute Gasteiger partial charge is 0.240 e. The van der Waals surface area contributed by atoms with Gasteiger partial charge in [0.05, 0.1) is 17.7 Å². The Morgan fingerprint density at radius 3 is 2.74 bits per heavy atom. The maximum atomic E-state index is 12.3. The number of hydrogen-bond donors (Lipinski definition) is 3. The highest BCUT2D eigenvalue weighted by Crippen LogP contribution is 2.33. The third-order valence-electron chi connectivity index (χ3n) is 4.44. The van der Waals surface area contributed by atoms with Gasteiger partial charge in [0.25, 0.3) is 0 Å². The molecule has 3 rings (SSSR count). The third-order valence-corrected chi connectivity index (χ3v) is 4.44. The maximum absolute atomic E-state index is 12.3. The summed E-state index contributed by atoms with van der Waals surface area (Å²) in [4.78, 5) is 12.3. The van der Waals surface area contributed by atoms with Gasteiger partial charge in [0.1, 0.15) is 0 Å². The van der Waals surface area contributed by atoms with Crippen molar-refractivity contribution in [3.8, 4) is 0 Å². The summed E-state index contributed by atoms with van der Waals surface area (Å²) in [5.41, 5.74) is 7.54. The summed E-state index contributed by atoms with van der Waals surface area (Å²) >= 11 is 0. The van der Waals surface area contributed by atoms with Crippen LogP contribution in [0, 0.1) is 0 Å². The van der Waals surface area contributed by atoms with Crippen molar-refractivity contribution in [1.82, 2.24) is 5.32 Å². The number of benzene rings is 1. The number of carbonyl (C=O) groups is 1. The van der Waals surface area contributed by atoms with E-state index in [4.69, 9.17) is 5.73 Å². The molecule has 0 spiro atoms. The number of nitrogens with one attached hydrogen (secondary N) is 1. The second-order valence-electron chi connectivity index (χ2n) is 5.78. The van der Waals surface area contributed by atoms with E-state index in [1.165, 1.54) is 0 Å². The van der Waals surface area contributed by atoms with Crippen molar-refractivity contribution in [3.63, 3.8) is 0 Å². The fourth-order valence-corrected chi connectivity index (χ4v) is 3.27. The first-order valence-corrected chi connectivity index (χ1v) is 6.96. The van der Waals surface area contributed by atoms with Gasteiger partial charge in [-0.15, -0.1) is 0 Å². The number of nitrogens with two attached hydrogens (primary N) is 1. The summed E-state index contributed by atoms with van der Waals surface area (Å²) in [6.07, 6.45) is 3.54. The summed E-state index contributed by atoms with van der Waals surface area (Å²) in [7, 11) is 0. The van der Waals surface area contributed by atoms with Gasteiger partial charge >= 0.3 is 0 Å². The second-order valence-corrected chi connectivity index (χ2v) is 5.78. The molecule has 102 valence electrons. The molecule has 1 fully saturated rings. The maximum Gasteiger partial charge on any atom is 0.240 e. The molecule has 1 saturated carbocycles. The van der Waals surface area contributed by atoms with E-state index in [1.807, 2.05) is 24.3 Å². The lowest BCUT2D eigenvalue weighted by molar-refractivity contribution is -0.127. The van der Waals surface area contributed by atoms with Crippen LogP contribution in [-0.2, 0) is 11.2 Å². The molecule has 2 aliphatic carbocycles. The molecule has 1 amide bonds. The lowest BCUT2D eigenvalue weighted by atomic mass is 9.97. The van der Waals surface area contributed by atoms with Crippen LogP contribution in [0.1, 0.15) is 42.9 Å². The molecule has 4 nitrogen and oxygen atoms in total. The standard InChI is InChI=1S/C15H20N2O2/c16-15(7-3-4-8-15)14(19)17-13-11-6-2-1-5-10(11)9-12(13)18/h1-2,5-6,12-13,18H,3-4,7-9,16H2,(H,17,19)/t12-,13+/m0/s1. The molecule has 4 N–H and O–H groups in total. The van der Waals surface area contributed by atoms with E-state index in [0.717, 1.165) is 36.8 Å². The molecule has 4 heteroatoms. The average molecular weight is 260 g/mol. The Bertz CT molecular complexity index is 495. The normalized spacial score (nSPS) is 28.1. The highest BCUT2D eigenvalue weighted by Gasteiger charge is 2.40. The highest BCUT2D eigenvalue weighted by molar-refractivity contribution is 5.87. The molecule has 0 bridgehead atoms. The summed E-state index contributed by atoms with van der Waals surface area (Å²) in [6.45, 7) is 0. The first kappa shape index (κ1) is 12.6. The summed E-state index contributed by atoms with van der Waals surface area (Å²) in [5, 5.41) is 13.1. The molecular formula is C15H20N2O2. The van der Waals surface area contributed by atoms with Crippen molar-refractivity contribution >= 4 is 5.91 Å². The van der Waals surface area contributed by atoms with Gasteiger partial charge in [-0.1, -0.05) is 37.1 Å². The van der Waals surface area contributed by atoms with Gasteiger partial charge in [-0.3, -0.25) is 4.79 Å². The monoisotopic (exact) mass is 260 g/mol. The first-order valence-electron chi connectivity index (χ1n) is 6.96. The number of aliphatic hydroxyl groups excluding tert-OH is 1. The number of hydrogen-bond acceptors (Lipinski definition) is 3. The molecule has 2 atom stereocenters. The Hall–Kier alpha value is -1.39. The summed E-state index contributed by atoms with van der Waals surface area (Å²) < 4.78 is 0. The topological polar surface area (TPSA) is 75.4 Å². The van der Waals surface area contributed by atoms with Gasteiger partial charge < -0.3 is 16.2 Å². The van der Waals surface area contributed by atoms with Crippen molar-refractivity contribution in [3.05, 3.63) is 35.4 Å². The highest BCUT2D eigenvalue weighted by atomic mass is 16.3. The Morgan fingerprint density at radius 1 is 1.32 bits per heavy atom. The van der Waals surface area contributed by atoms with Crippen LogP contribution in [0.25, 0.3) is 0 Å². The predicted molar refractivity (Wildman–Crippen MR) is 72.4 cm³/mol. The summed E-state index contributed by atoms with van der Waals surface area (Å²) in [6, 6.07) is 7.54. The lowest BCUT2D eigenvalue weighted by Gasteiger charge is -2.26. The van der Waals surface area contributed by atoms with E-state index in [1.54, 1.807) is 0 Å². The van der Waals surface area contributed by atoms with Crippen molar-refractivity contribution in [2.75, 3.05) is 0 Å². The Morgan fingerprint density at radius 2 is 2.00 bits per heavy atom. The van der Waals surface area contributed by atoms with Gasteiger partial charge in [0.2, 0.25) is 5.91 Å². The fourth-order valence-electron chi connectivity index (χ4n) is 3.27. The zero-order chi connectivity index (χ0) is 13.5. The van der Waals surface area contributed by atoms with E-state index >= 15 is 0 Å². The van der Waals surface area contributed by atoms with Gasteiger partial charge in [0.15, 0.2) is 0 Å². The van der Waals surface area contributed by atoms with E-state index < -0.39 is 11.6 Å². The fraction of sp³-hybridized carbons (Fsp3) is 0.533. The van der Waals surface area contributed by atoms with Crippen molar-refractivity contribution in [2.24, 2.45) is 5.73 Å². The molecule has 0 heterocycles. The van der Waals surface area contributed by atoms with Crippen molar-refractivity contribution in [1.29, 1.82) is 0 Å². The van der Waals surface area contributed by atoms with E-state index in [-0.39, 0.29) is 11.9 Å². The molecule has 1 aromatic rings. The number of fused-ring (bicyclic) bond motifs is 1. The molecule has 0 radical (unpaired) electrons. The molecule has 0 unspecified atom stereocenters. The largest absolute Gasteiger partial charge is 0.390 e. The van der Waals surface area contributed by atoms with Crippen LogP contribution < -0.4 is 11.1 Å². The Kier molecular flexibility index (Phi) is 3.07. The molecule has 2 aliphatic rings. The molecule has 0 aliphatic heterocycles. The zero-order valence-corrected chi connectivity index (χ0v) is 10.9. The molecule has 19 heavy (non-hydrogen) atoms. The average Bonchev–Trinajstić information content (AvgIpc) is 2.96. The summed E-state index contributed by atoms with van der Waals surface area (Å²) in [5.74, 6) is -0.120. The zero-order valence-electron chi connectivity index (χ0n) is 10.9. The van der Waals surface area contributed by atoms with Crippen LogP contribution in [0.2, 0.25) is 0 Å². The van der Waals surface area contributed by atoms with E-state index in [0.29, 0.717) is 6.42 Å². The van der Waals surface area contributed by atoms with Crippen LogP contribution >= 0.6 is 0 Å². The van der Waals surface area contributed by atoms with E-state index in [2.05, 4.69) is 5.32 Å². The quantitative estimate of drug-likeness (QED) is 0.743. The SMILES string of the molecule is NC1(C(=O)N[C@@H]2c3ccccc3C[C@@H]2O)CCCC1.